The summed E-state index contributed by atoms with van der Waals surface area (Å²) in [4.78, 5) is 15.7. The Morgan fingerprint density at radius 1 is 1.10 bits per heavy atom. The molecule has 156 valence electrons. The van der Waals surface area contributed by atoms with Gasteiger partial charge in [-0.3, -0.25) is 4.57 Å². The molecule has 1 aromatic carbocycles. The van der Waals surface area contributed by atoms with Crippen LogP contribution in [0.3, 0.4) is 0 Å². The lowest BCUT2D eigenvalue weighted by molar-refractivity contribution is 0.0367. The minimum atomic E-state index is 0.255. The van der Waals surface area contributed by atoms with Gasteiger partial charge in [0, 0.05) is 25.8 Å². The summed E-state index contributed by atoms with van der Waals surface area (Å²) in [6, 6.07) is 9.95. The Morgan fingerprint density at radius 3 is 2.52 bits per heavy atom. The highest BCUT2D eigenvalue weighted by molar-refractivity contribution is 7.79. The number of nitrogens with two attached hydrogens (primary N) is 1. The number of fused-ring (bicyclic) bond motifs is 1. The predicted octanol–water partition coefficient (Wildman–Crippen LogP) is 2.58. The second-order valence-corrected chi connectivity index (χ2v) is 6.64. The maximum atomic E-state index is 6.02. The van der Waals surface area contributed by atoms with E-state index in [2.05, 4.69) is 34.4 Å². The molecule has 0 aliphatic carbocycles. The third-order valence-corrected chi connectivity index (χ3v) is 4.63. The van der Waals surface area contributed by atoms with Gasteiger partial charge in [0.2, 0.25) is 5.95 Å². The molecule has 8 nitrogen and oxygen atoms in total. The Kier molecular flexibility index (Phi) is 7.68. The molecule has 4 heterocycles. The van der Waals surface area contributed by atoms with E-state index < -0.39 is 0 Å². The van der Waals surface area contributed by atoms with E-state index in [4.69, 9.17) is 20.2 Å². The molecule has 2 aliphatic rings. The number of nitrogen functional groups attached to an aromatic ring is 1. The summed E-state index contributed by atoms with van der Waals surface area (Å²) in [7, 11) is 0. The van der Waals surface area contributed by atoms with Gasteiger partial charge in [-0.05, 0) is 31.7 Å². The van der Waals surface area contributed by atoms with Crippen molar-refractivity contribution in [1.82, 2.24) is 19.5 Å². The van der Waals surface area contributed by atoms with Gasteiger partial charge in [0.1, 0.15) is 18.0 Å². The molecule has 9 heteroatoms. The maximum absolute atomic E-state index is 6.02. The first-order valence-corrected chi connectivity index (χ1v) is 10.6. The number of para-hydroxylation sites is 2. The fourth-order valence-electron chi connectivity index (χ4n) is 3.03. The highest BCUT2D eigenvalue weighted by atomic mass is 32.1. The largest absolute Gasteiger partial charge is 0.383 e. The van der Waals surface area contributed by atoms with Gasteiger partial charge >= 0.3 is 0 Å². The van der Waals surface area contributed by atoms with Crippen LogP contribution in [0.4, 0.5) is 11.6 Å². The second kappa shape index (κ2) is 10.4. The average molecular weight is 417 g/mol. The predicted molar refractivity (Wildman–Crippen MR) is 119 cm³/mol. The van der Waals surface area contributed by atoms with Crippen LogP contribution >= 0.6 is 12.6 Å². The molecule has 1 atom stereocenters. The number of benzene rings is 1. The van der Waals surface area contributed by atoms with Gasteiger partial charge in [-0.15, -0.1) is 0 Å². The number of imidazole rings is 1. The van der Waals surface area contributed by atoms with Gasteiger partial charge in [-0.1, -0.05) is 12.1 Å². The average Bonchev–Trinajstić information content (AvgIpc) is 3.12. The normalized spacial score (nSPS) is 18.2. The Labute approximate surface area is 176 Å². The second-order valence-electron chi connectivity index (χ2n) is 6.64. The number of anilines is 2. The zero-order valence-corrected chi connectivity index (χ0v) is 17.8. The molecule has 2 saturated heterocycles. The van der Waals surface area contributed by atoms with E-state index >= 15 is 0 Å². The van der Waals surface area contributed by atoms with Gasteiger partial charge < -0.3 is 20.1 Å². The Morgan fingerprint density at radius 2 is 1.83 bits per heavy atom. The third-order valence-electron chi connectivity index (χ3n) is 4.63. The number of nitrogens with zero attached hydrogens (tertiary/aromatic N) is 5. The van der Waals surface area contributed by atoms with Crippen molar-refractivity contribution in [2.24, 2.45) is 0 Å². The molecule has 0 bridgehead atoms. The van der Waals surface area contributed by atoms with Crippen molar-refractivity contribution in [1.29, 1.82) is 0 Å². The Balaban J connectivity index is 0.000000351. The lowest BCUT2D eigenvalue weighted by atomic mass is 10.2. The number of hydrogen-bond donors (Lipinski definition) is 2. The third kappa shape index (κ3) is 5.17. The van der Waals surface area contributed by atoms with E-state index in [1.54, 1.807) is 12.6 Å². The summed E-state index contributed by atoms with van der Waals surface area (Å²) < 4.78 is 12.1. The van der Waals surface area contributed by atoms with E-state index in [1.807, 2.05) is 34.9 Å². The van der Waals surface area contributed by atoms with Crippen LogP contribution in [-0.2, 0) is 9.47 Å². The van der Waals surface area contributed by atoms with E-state index in [0.29, 0.717) is 25.0 Å². The molecule has 5 rings (SSSR count). The number of hydrogen-bond acceptors (Lipinski definition) is 8. The van der Waals surface area contributed by atoms with Crippen molar-refractivity contribution in [2.75, 3.05) is 49.9 Å². The smallest absolute Gasteiger partial charge is 0.239 e. The van der Waals surface area contributed by atoms with Crippen LogP contribution in [0.1, 0.15) is 13.3 Å². The van der Waals surface area contributed by atoms with Crippen molar-refractivity contribution in [3.05, 3.63) is 36.7 Å². The number of morpholine rings is 1. The van der Waals surface area contributed by atoms with Gasteiger partial charge in [0.25, 0.3) is 0 Å². The zero-order valence-electron chi connectivity index (χ0n) is 16.9. The summed E-state index contributed by atoms with van der Waals surface area (Å²) >= 11 is 3.53. The highest BCUT2D eigenvalue weighted by Gasteiger charge is 2.21. The van der Waals surface area contributed by atoms with Gasteiger partial charge in [-0.25, -0.2) is 4.98 Å². The molecule has 2 aliphatic heterocycles. The summed E-state index contributed by atoms with van der Waals surface area (Å²) in [5.41, 5.74) is 7.88. The number of ether oxygens (including phenoxy) is 2. The van der Waals surface area contributed by atoms with Crippen LogP contribution in [-0.4, -0.2) is 64.8 Å². The number of rotatable bonds is 2. The summed E-state index contributed by atoms with van der Waals surface area (Å²) in [6.45, 7) is 6.29. The number of aromatic nitrogens is 4. The van der Waals surface area contributed by atoms with Crippen molar-refractivity contribution in [3.8, 4) is 5.95 Å². The summed E-state index contributed by atoms with van der Waals surface area (Å²) in [6.07, 6.45) is 4.70. The van der Waals surface area contributed by atoms with Crippen molar-refractivity contribution < 1.29 is 9.47 Å². The van der Waals surface area contributed by atoms with E-state index in [1.165, 1.54) is 6.42 Å². The number of thiol groups is 1. The quantitative estimate of drug-likeness (QED) is 0.621. The first-order valence-electron chi connectivity index (χ1n) is 9.66. The first-order chi connectivity index (χ1) is 14.2. The van der Waals surface area contributed by atoms with Gasteiger partial charge in [0.15, 0.2) is 0 Å². The maximum Gasteiger partial charge on any atom is 0.239 e. The molecule has 29 heavy (non-hydrogen) atoms. The molecule has 0 amide bonds. The van der Waals surface area contributed by atoms with Crippen LogP contribution in [0.5, 0.6) is 0 Å². The minimum absolute atomic E-state index is 0.255. The van der Waals surface area contributed by atoms with Gasteiger partial charge in [0.05, 0.1) is 30.3 Å². The summed E-state index contributed by atoms with van der Waals surface area (Å²) in [5.74, 6) is 1.80. The lowest BCUT2D eigenvalue weighted by Crippen LogP contribution is -2.44. The first kappa shape index (κ1) is 21.4. The van der Waals surface area contributed by atoms with Crippen LogP contribution in [0.2, 0.25) is 0 Å². The zero-order chi connectivity index (χ0) is 20.6. The van der Waals surface area contributed by atoms with E-state index in [-0.39, 0.29) is 6.04 Å². The van der Waals surface area contributed by atoms with Gasteiger partial charge in [-0.2, -0.15) is 22.6 Å². The van der Waals surface area contributed by atoms with Crippen LogP contribution in [0.15, 0.2) is 36.7 Å². The minimum Gasteiger partial charge on any atom is -0.383 e. The lowest BCUT2D eigenvalue weighted by Gasteiger charge is -2.34. The molecule has 3 aromatic rings. The molecule has 0 radical (unpaired) electrons. The Hall–Kier alpha value is -2.36. The fourth-order valence-corrected chi connectivity index (χ4v) is 3.03. The van der Waals surface area contributed by atoms with E-state index in [9.17, 15) is 0 Å². The molecule has 0 saturated carbocycles. The van der Waals surface area contributed by atoms with E-state index in [0.717, 1.165) is 36.6 Å². The molecular weight excluding hydrogens is 388 g/mol. The topological polar surface area (TPSA) is 91.3 Å². The van der Waals surface area contributed by atoms with Crippen LogP contribution in [0.25, 0.3) is 17.0 Å². The molecule has 2 fully saturated rings. The fraction of sp³-hybridized carbons (Fsp3) is 0.450. The monoisotopic (exact) mass is 416 g/mol. The van der Waals surface area contributed by atoms with Crippen LogP contribution < -0.4 is 10.6 Å². The van der Waals surface area contributed by atoms with Crippen molar-refractivity contribution in [2.45, 2.75) is 19.4 Å². The molecule has 2 N–H and O–H groups in total. The Bertz CT molecular complexity index is 911. The SMILES string of the molecule is C1COC1.CC1COCCN1c1cc(N)nc(-n2cnc3ccccc32)n1.CS. The molecular formula is C20H28N6O2S. The highest BCUT2D eigenvalue weighted by Crippen LogP contribution is 2.22. The van der Waals surface area contributed by atoms with Crippen molar-refractivity contribution in [3.63, 3.8) is 0 Å². The van der Waals surface area contributed by atoms with Crippen LogP contribution in [0, 0.1) is 0 Å². The molecule has 1 unspecified atom stereocenters. The summed E-state index contributed by atoms with van der Waals surface area (Å²) in [5, 5.41) is 0. The standard InChI is InChI=1S/C16H18N6O.C3H6O.CH4S/c1-11-9-23-7-6-21(11)15-8-14(17)19-16(20-15)22-10-18-12-4-2-3-5-13(12)22;1-2-4-3-1;1-2/h2-5,8,10-11H,6-7,9H2,1H3,(H2,17,19,20);1-3H2;2H,1H3. The molecule has 2 aromatic heterocycles. The van der Waals surface area contributed by atoms with Crippen molar-refractivity contribution >= 4 is 35.3 Å². The molecule has 0 spiro atoms.